The summed E-state index contributed by atoms with van der Waals surface area (Å²) in [6.45, 7) is -0.312. The van der Waals surface area contributed by atoms with E-state index in [4.69, 9.17) is 9.47 Å². The number of esters is 2. The average Bonchev–Trinajstić information content (AvgIpc) is 2.75. The number of methoxy groups -OCH3 is 1. The van der Waals surface area contributed by atoms with Crippen LogP contribution in [0.3, 0.4) is 0 Å². The molecule has 1 heterocycles. The molecule has 7 heteroatoms. The van der Waals surface area contributed by atoms with Gasteiger partial charge in [-0.15, -0.1) is 0 Å². The molecule has 2 aromatic rings. The Kier molecular flexibility index (Phi) is 6.39. The molecular weight excluding hydrogens is 377 g/mol. The van der Waals surface area contributed by atoms with Crippen LogP contribution in [0.15, 0.2) is 54.6 Å². The van der Waals surface area contributed by atoms with Gasteiger partial charge in [-0.25, -0.2) is 14.0 Å². The van der Waals surface area contributed by atoms with Gasteiger partial charge in [0, 0.05) is 24.6 Å². The summed E-state index contributed by atoms with van der Waals surface area (Å²) in [5, 5.41) is 0. The van der Waals surface area contributed by atoms with Gasteiger partial charge in [0.05, 0.1) is 7.11 Å². The Balaban J connectivity index is 1.64. The molecule has 150 valence electrons. The Bertz CT molecular complexity index is 956. The van der Waals surface area contributed by atoms with Gasteiger partial charge in [0.1, 0.15) is 11.9 Å². The van der Waals surface area contributed by atoms with Crippen molar-refractivity contribution in [3.8, 4) is 0 Å². The van der Waals surface area contributed by atoms with E-state index in [9.17, 15) is 18.8 Å². The van der Waals surface area contributed by atoms with Crippen molar-refractivity contribution in [1.82, 2.24) is 4.90 Å². The fraction of sp³-hybridized carbons (Fsp3) is 0.227. The molecule has 0 fully saturated rings. The minimum absolute atomic E-state index is 0.220. The summed E-state index contributed by atoms with van der Waals surface area (Å²) in [5.41, 5.74) is 2.12. The van der Waals surface area contributed by atoms with Crippen molar-refractivity contribution >= 4 is 23.9 Å². The number of amides is 1. The normalized spacial score (nSPS) is 15.7. The Morgan fingerprint density at radius 2 is 1.79 bits per heavy atom. The fourth-order valence-electron chi connectivity index (χ4n) is 3.16. The molecule has 6 nitrogen and oxygen atoms in total. The van der Waals surface area contributed by atoms with Gasteiger partial charge >= 0.3 is 11.9 Å². The van der Waals surface area contributed by atoms with Crippen molar-refractivity contribution in [2.75, 3.05) is 13.7 Å². The number of halogens is 1. The summed E-state index contributed by atoms with van der Waals surface area (Å²) < 4.78 is 23.4. The minimum Gasteiger partial charge on any atom is -0.467 e. The van der Waals surface area contributed by atoms with E-state index < -0.39 is 36.3 Å². The molecule has 3 rings (SSSR count). The van der Waals surface area contributed by atoms with Crippen molar-refractivity contribution in [1.29, 1.82) is 0 Å². The van der Waals surface area contributed by atoms with E-state index in [0.717, 1.165) is 17.2 Å². The standard InChI is InChI=1S/C22H20FNO5/c1-28-22(27)19-12-16-7-2-3-8-17(16)13-24(19)20(25)14-29-21(26)11-10-15-6-4-5-9-18(15)23/h2-11,19H,12-14H2,1H3/b11-10+/t19-/m0/s1. The summed E-state index contributed by atoms with van der Waals surface area (Å²) in [7, 11) is 1.26. The lowest BCUT2D eigenvalue weighted by molar-refractivity contribution is -0.158. The van der Waals surface area contributed by atoms with E-state index in [1.807, 2.05) is 24.3 Å². The molecule has 2 aromatic carbocycles. The van der Waals surface area contributed by atoms with Crippen LogP contribution in [0.2, 0.25) is 0 Å². The smallest absolute Gasteiger partial charge is 0.331 e. The highest BCUT2D eigenvalue weighted by atomic mass is 19.1. The van der Waals surface area contributed by atoms with Crippen LogP contribution in [-0.4, -0.2) is 42.5 Å². The van der Waals surface area contributed by atoms with Crippen molar-refractivity contribution in [2.24, 2.45) is 0 Å². The van der Waals surface area contributed by atoms with E-state index in [2.05, 4.69) is 0 Å². The van der Waals surface area contributed by atoms with E-state index in [1.54, 1.807) is 6.07 Å². The van der Waals surface area contributed by atoms with Gasteiger partial charge in [0.25, 0.3) is 5.91 Å². The number of hydrogen-bond donors (Lipinski definition) is 0. The predicted octanol–water partition coefficient (Wildman–Crippen LogP) is 2.51. The molecule has 0 spiro atoms. The van der Waals surface area contributed by atoms with Gasteiger partial charge in [-0.2, -0.15) is 0 Å². The molecule has 1 aliphatic rings. The average molecular weight is 397 g/mol. The van der Waals surface area contributed by atoms with E-state index in [-0.39, 0.29) is 12.1 Å². The number of nitrogens with zero attached hydrogens (tertiary/aromatic N) is 1. The van der Waals surface area contributed by atoms with Crippen LogP contribution in [0, 0.1) is 5.82 Å². The molecule has 0 saturated carbocycles. The van der Waals surface area contributed by atoms with Crippen LogP contribution in [0.4, 0.5) is 4.39 Å². The van der Waals surface area contributed by atoms with Gasteiger partial charge < -0.3 is 14.4 Å². The third-order valence-corrected chi connectivity index (χ3v) is 4.68. The highest BCUT2D eigenvalue weighted by molar-refractivity contribution is 5.90. The number of hydrogen-bond acceptors (Lipinski definition) is 5. The number of ether oxygens (including phenoxy) is 2. The van der Waals surface area contributed by atoms with Crippen LogP contribution in [0.1, 0.15) is 16.7 Å². The van der Waals surface area contributed by atoms with E-state index >= 15 is 0 Å². The number of benzene rings is 2. The second kappa shape index (κ2) is 9.14. The van der Waals surface area contributed by atoms with Crippen LogP contribution >= 0.6 is 0 Å². The number of fused-ring (bicyclic) bond motifs is 1. The van der Waals surface area contributed by atoms with Gasteiger partial charge in [0.15, 0.2) is 6.61 Å². The number of carbonyl (C=O) groups excluding carboxylic acids is 3. The maximum absolute atomic E-state index is 13.6. The van der Waals surface area contributed by atoms with Crippen LogP contribution < -0.4 is 0 Å². The largest absolute Gasteiger partial charge is 0.467 e. The Morgan fingerprint density at radius 1 is 1.10 bits per heavy atom. The molecule has 1 atom stereocenters. The highest BCUT2D eigenvalue weighted by Crippen LogP contribution is 2.24. The lowest BCUT2D eigenvalue weighted by Gasteiger charge is -2.35. The SMILES string of the molecule is COC(=O)[C@@H]1Cc2ccccc2CN1C(=O)COC(=O)/C=C/c1ccccc1F. The molecule has 0 radical (unpaired) electrons. The molecular formula is C22H20FNO5. The van der Waals surface area contributed by atoms with Gasteiger partial charge in [0.2, 0.25) is 0 Å². The summed E-state index contributed by atoms with van der Waals surface area (Å²) >= 11 is 0. The summed E-state index contributed by atoms with van der Waals surface area (Å²) in [4.78, 5) is 38.0. The number of rotatable bonds is 5. The lowest BCUT2D eigenvalue weighted by Crippen LogP contribution is -2.50. The van der Waals surface area contributed by atoms with Crippen LogP contribution in [0.25, 0.3) is 6.08 Å². The van der Waals surface area contributed by atoms with E-state index in [1.165, 1.54) is 36.3 Å². The molecule has 1 amide bonds. The second-order valence-corrected chi connectivity index (χ2v) is 6.50. The maximum Gasteiger partial charge on any atom is 0.331 e. The Hall–Kier alpha value is -3.48. The van der Waals surface area contributed by atoms with E-state index in [0.29, 0.717) is 6.42 Å². The fourth-order valence-corrected chi connectivity index (χ4v) is 3.16. The molecule has 29 heavy (non-hydrogen) atoms. The molecule has 0 aromatic heterocycles. The third-order valence-electron chi connectivity index (χ3n) is 4.68. The lowest BCUT2D eigenvalue weighted by atomic mass is 9.94. The van der Waals surface area contributed by atoms with Crippen molar-refractivity contribution in [3.63, 3.8) is 0 Å². The van der Waals surface area contributed by atoms with Gasteiger partial charge in [-0.05, 0) is 23.3 Å². The van der Waals surface area contributed by atoms with Crippen LogP contribution in [-0.2, 0) is 36.8 Å². The summed E-state index contributed by atoms with van der Waals surface area (Å²) in [6, 6.07) is 12.7. The molecule has 1 aliphatic heterocycles. The zero-order valence-electron chi connectivity index (χ0n) is 15.8. The zero-order chi connectivity index (χ0) is 20.8. The molecule has 0 saturated heterocycles. The maximum atomic E-state index is 13.6. The highest BCUT2D eigenvalue weighted by Gasteiger charge is 2.35. The first kappa shape index (κ1) is 20.3. The zero-order valence-corrected chi connectivity index (χ0v) is 15.8. The summed E-state index contributed by atoms with van der Waals surface area (Å²) in [5.74, 6) is -2.30. The van der Waals surface area contributed by atoms with Crippen molar-refractivity contribution in [2.45, 2.75) is 19.0 Å². The predicted molar refractivity (Wildman–Crippen MR) is 103 cm³/mol. The first-order valence-corrected chi connectivity index (χ1v) is 9.03. The second-order valence-electron chi connectivity index (χ2n) is 6.50. The number of carbonyl (C=O) groups is 3. The first-order chi connectivity index (χ1) is 14.0. The third kappa shape index (κ3) is 4.87. The Morgan fingerprint density at radius 3 is 2.52 bits per heavy atom. The molecule has 0 unspecified atom stereocenters. The van der Waals surface area contributed by atoms with Crippen LogP contribution in [0.5, 0.6) is 0 Å². The molecule has 0 aliphatic carbocycles. The van der Waals surface area contributed by atoms with Crippen molar-refractivity contribution < 1.29 is 28.2 Å². The molecule has 0 bridgehead atoms. The Labute approximate surface area is 167 Å². The summed E-state index contributed by atoms with van der Waals surface area (Å²) in [6.07, 6.45) is 2.65. The quantitative estimate of drug-likeness (QED) is 0.573. The van der Waals surface area contributed by atoms with Gasteiger partial charge in [-0.1, -0.05) is 42.5 Å². The minimum atomic E-state index is -0.784. The molecule has 0 N–H and O–H groups in total. The van der Waals surface area contributed by atoms with Crippen molar-refractivity contribution in [3.05, 3.63) is 77.1 Å². The first-order valence-electron chi connectivity index (χ1n) is 9.03. The monoisotopic (exact) mass is 397 g/mol. The topological polar surface area (TPSA) is 72.9 Å². The van der Waals surface area contributed by atoms with Gasteiger partial charge in [-0.3, -0.25) is 4.79 Å².